The van der Waals surface area contributed by atoms with Gasteiger partial charge >= 0.3 is 5.97 Å². The molecule has 6 atom stereocenters. The lowest BCUT2D eigenvalue weighted by atomic mass is 10.0. The van der Waals surface area contributed by atoms with Gasteiger partial charge in [-0.2, -0.15) is 0 Å². The minimum Gasteiger partial charge on any atom is -0.480 e. The van der Waals surface area contributed by atoms with Crippen molar-refractivity contribution in [3.05, 3.63) is 36.0 Å². The summed E-state index contributed by atoms with van der Waals surface area (Å²) >= 11 is 0. The maximum atomic E-state index is 14.3. The fourth-order valence-corrected chi connectivity index (χ4v) is 7.51. The molecule has 2 aliphatic heterocycles. The van der Waals surface area contributed by atoms with Crippen LogP contribution in [-0.2, 0) is 40.0 Å². The van der Waals surface area contributed by atoms with Crippen LogP contribution in [0, 0.1) is 5.92 Å². The highest BCUT2D eigenvalue weighted by atomic mass is 16.4. The van der Waals surface area contributed by atoms with Crippen LogP contribution >= 0.6 is 0 Å². The van der Waals surface area contributed by atoms with Crippen LogP contribution in [0.25, 0.3) is 10.9 Å². The Morgan fingerprint density at radius 3 is 2.46 bits per heavy atom. The summed E-state index contributed by atoms with van der Waals surface area (Å²) in [5.74, 6) is -4.71. The number of nitrogens with zero attached hydrogens (tertiary/aromatic N) is 2. The molecule has 19 heteroatoms. The number of carboxylic acids is 1. The van der Waals surface area contributed by atoms with Gasteiger partial charge in [0.05, 0.1) is 6.04 Å². The highest BCUT2D eigenvalue weighted by molar-refractivity contribution is 5.97. The number of H-pyrrole nitrogens is 1. The molecule has 324 valence electrons. The highest BCUT2D eigenvalue weighted by Gasteiger charge is 2.40. The number of aliphatic imine (C=N–C) groups is 1. The molecule has 59 heavy (non-hydrogen) atoms. The van der Waals surface area contributed by atoms with Gasteiger partial charge < -0.3 is 58.4 Å². The molecule has 1 aromatic carbocycles. The lowest BCUT2D eigenvalue weighted by Gasteiger charge is -2.31. The van der Waals surface area contributed by atoms with Crippen LogP contribution in [0.1, 0.15) is 83.6 Å². The van der Waals surface area contributed by atoms with Gasteiger partial charge in [-0.3, -0.25) is 33.8 Å². The standard InChI is InChI=1S/C40H61N11O8/c1-23(2)20-31(39(58)59)50-35(54)28-15-16-33(52)44-17-7-6-12-29(48-34(53)27(43-3)13-8-18-45-40(41)42)38(57)51-19-9-14-32(51)37(56)49-30(36(55)47-28)21-24-22-46-26-11-5-4-10-25(24)26/h4-5,10-11,22-23,27-32,43,46H,6-9,12-21H2,1-3H3,(H,44,52)(H,47,55)(H,48,53)(H,49,56)(H,50,54)(H,58,59)(H4,41,42,45)/t27-,28-,29+,30-,31-,32-/m0/s1. The van der Waals surface area contributed by atoms with Crippen molar-refractivity contribution in [1.29, 1.82) is 0 Å². The van der Waals surface area contributed by atoms with Crippen LogP contribution in [-0.4, -0.2) is 125 Å². The Balaban J connectivity index is 1.63. The zero-order chi connectivity index (χ0) is 43.1. The number of carboxylic acid groups (broad SMARTS) is 1. The molecule has 4 rings (SSSR count). The van der Waals surface area contributed by atoms with E-state index in [0.29, 0.717) is 50.6 Å². The van der Waals surface area contributed by atoms with Crippen molar-refractivity contribution in [2.75, 3.05) is 26.7 Å². The summed E-state index contributed by atoms with van der Waals surface area (Å²) < 4.78 is 0. The Labute approximate surface area is 344 Å². The summed E-state index contributed by atoms with van der Waals surface area (Å²) in [6.07, 6.45) is 4.36. The van der Waals surface area contributed by atoms with Crippen LogP contribution in [0.5, 0.6) is 0 Å². The van der Waals surface area contributed by atoms with Crippen molar-refractivity contribution in [3.8, 4) is 0 Å². The molecule has 12 N–H and O–H groups in total. The molecule has 0 unspecified atom stereocenters. The van der Waals surface area contributed by atoms with E-state index in [1.165, 1.54) is 4.90 Å². The zero-order valence-corrected chi connectivity index (χ0v) is 34.2. The molecule has 0 bridgehead atoms. The average Bonchev–Trinajstić information content (AvgIpc) is 3.85. The first-order valence-corrected chi connectivity index (χ1v) is 20.5. The SMILES string of the molecule is CN[C@@H](CCCN=C(N)N)C(=O)N[C@@H]1CCCCNC(=O)CC[C@@H](C(=O)N[C@@H](CC(C)C)C(=O)O)NC(=O)[C@H](Cc2c[nH]c3ccccc23)NC(=O)[C@@H]2CCCN2C1=O. The van der Waals surface area contributed by atoms with Crippen molar-refractivity contribution in [2.24, 2.45) is 22.4 Å². The summed E-state index contributed by atoms with van der Waals surface area (Å²) in [5, 5.41) is 27.4. The first-order chi connectivity index (χ1) is 28.2. The molecule has 0 saturated carbocycles. The second-order valence-electron chi connectivity index (χ2n) is 15.6. The fourth-order valence-electron chi connectivity index (χ4n) is 7.51. The summed E-state index contributed by atoms with van der Waals surface area (Å²) in [7, 11) is 1.64. The van der Waals surface area contributed by atoms with Crippen LogP contribution in [0.3, 0.4) is 0 Å². The minimum absolute atomic E-state index is 0.00451. The highest BCUT2D eigenvalue weighted by Crippen LogP contribution is 2.23. The molecular weight excluding hydrogens is 763 g/mol. The number of benzene rings is 1. The van der Waals surface area contributed by atoms with Crippen molar-refractivity contribution in [3.63, 3.8) is 0 Å². The van der Waals surface area contributed by atoms with E-state index in [0.717, 1.165) is 10.9 Å². The fraction of sp³-hybridized carbons (Fsp3) is 0.600. The Bertz CT molecular complexity index is 1830. The molecule has 0 aliphatic carbocycles. The van der Waals surface area contributed by atoms with Crippen LogP contribution in [0.2, 0.25) is 0 Å². The lowest BCUT2D eigenvalue weighted by molar-refractivity contribution is -0.143. The van der Waals surface area contributed by atoms with Crippen LogP contribution in [0.4, 0.5) is 0 Å². The number of guanidine groups is 1. The molecular formula is C40H61N11O8. The first-order valence-electron chi connectivity index (χ1n) is 20.5. The summed E-state index contributed by atoms with van der Waals surface area (Å²) in [6, 6.07) is 1.04. The van der Waals surface area contributed by atoms with Crippen LogP contribution < -0.4 is 43.4 Å². The molecule has 0 radical (unpaired) electrons. The van der Waals surface area contributed by atoms with Gasteiger partial charge in [0, 0.05) is 49.6 Å². The predicted molar refractivity (Wildman–Crippen MR) is 220 cm³/mol. The number of hydrogen-bond acceptors (Lipinski definition) is 9. The number of fused-ring (bicyclic) bond motifs is 2. The van der Waals surface area contributed by atoms with Crippen molar-refractivity contribution < 1.29 is 38.7 Å². The number of aromatic amines is 1. The first kappa shape index (κ1) is 46.0. The number of carbonyl (C=O) groups is 7. The van der Waals surface area contributed by atoms with Gasteiger partial charge in [-0.25, -0.2) is 4.79 Å². The Morgan fingerprint density at radius 2 is 1.75 bits per heavy atom. The molecule has 0 spiro atoms. The Kier molecular flexibility index (Phi) is 17.5. The van der Waals surface area contributed by atoms with E-state index < -0.39 is 77.7 Å². The molecule has 6 amide bonds. The van der Waals surface area contributed by atoms with Gasteiger partial charge in [-0.05, 0) is 82.4 Å². The summed E-state index contributed by atoms with van der Waals surface area (Å²) in [6.45, 7) is 4.44. The monoisotopic (exact) mass is 823 g/mol. The van der Waals surface area contributed by atoms with E-state index in [1.807, 2.05) is 38.1 Å². The third kappa shape index (κ3) is 13.7. The second kappa shape index (κ2) is 22.4. The van der Waals surface area contributed by atoms with E-state index in [-0.39, 0.29) is 57.1 Å². The van der Waals surface area contributed by atoms with Crippen LogP contribution in [0.15, 0.2) is 35.5 Å². The number of aliphatic carboxylic acids is 1. The number of likely N-dealkylation sites (N-methyl/N-ethyl adjacent to an activating group) is 1. The molecule has 2 saturated heterocycles. The maximum absolute atomic E-state index is 14.3. The van der Waals surface area contributed by atoms with Crippen molar-refractivity contribution in [2.45, 2.75) is 121 Å². The number of nitrogens with one attached hydrogen (secondary N) is 7. The zero-order valence-electron chi connectivity index (χ0n) is 34.2. The van der Waals surface area contributed by atoms with Gasteiger partial charge in [-0.1, -0.05) is 32.0 Å². The quantitative estimate of drug-likeness (QED) is 0.0658. The number of amides is 6. The number of nitrogens with two attached hydrogens (primary N) is 2. The van der Waals surface area contributed by atoms with Gasteiger partial charge in [0.25, 0.3) is 0 Å². The Hall–Kier alpha value is -5.72. The van der Waals surface area contributed by atoms with E-state index in [9.17, 15) is 38.7 Å². The number of hydrogen-bond donors (Lipinski definition) is 10. The lowest BCUT2D eigenvalue weighted by Crippen LogP contribution is -2.59. The molecule has 2 fully saturated rings. The largest absolute Gasteiger partial charge is 0.480 e. The molecule has 2 aliphatic rings. The average molecular weight is 824 g/mol. The molecule has 3 heterocycles. The number of para-hydroxylation sites is 1. The smallest absolute Gasteiger partial charge is 0.326 e. The molecule has 1 aromatic heterocycles. The van der Waals surface area contributed by atoms with Gasteiger partial charge in [0.15, 0.2) is 5.96 Å². The van der Waals surface area contributed by atoms with Crippen molar-refractivity contribution >= 4 is 58.3 Å². The van der Waals surface area contributed by atoms with E-state index in [4.69, 9.17) is 11.5 Å². The Morgan fingerprint density at radius 1 is 0.983 bits per heavy atom. The van der Waals surface area contributed by atoms with Gasteiger partial charge in [0.2, 0.25) is 35.4 Å². The van der Waals surface area contributed by atoms with Gasteiger partial charge in [0.1, 0.15) is 30.2 Å². The van der Waals surface area contributed by atoms with E-state index in [2.05, 4.69) is 41.9 Å². The predicted octanol–water partition coefficient (Wildman–Crippen LogP) is -0.507. The second-order valence-corrected chi connectivity index (χ2v) is 15.6. The summed E-state index contributed by atoms with van der Waals surface area (Å²) in [4.78, 5) is 104. The summed E-state index contributed by atoms with van der Waals surface area (Å²) in [5.41, 5.74) is 12.4. The number of carbonyl (C=O) groups excluding carboxylic acids is 6. The number of rotatable bonds is 14. The van der Waals surface area contributed by atoms with Crippen molar-refractivity contribution in [1.82, 2.24) is 41.8 Å². The topological polar surface area (TPSA) is 295 Å². The van der Waals surface area contributed by atoms with E-state index >= 15 is 0 Å². The minimum atomic E-state index is -1.31. The third-order valence-corrected chi connectivity index (χ3v) is 10.7. The molecule has 19 nitrogen and oxygen atoms in total. The third-order valence-electron chi connectivity index (χ3n) is 10.7. The van der Waals surface area contributed by atoms with E-state index in [1.54, 1.807) is 13.2 Å². The molecule has 2 aromatic rings. The normalized spacial score (nSPS) is 22.2. The number of aromatic nitrogens is 1. The van der Waals surface area contributed by atoms with Gasteiger partial charge in [-0.15, -0.1) is 0 Å². The maximum Gasteiger partial charge on any atom is 0.326 e.